The average Bonchev–Trinajstić information content (AvgIpc) is 3.15. The molecule has 3 rings (SSSR count). The van der Waals surface area contributed by atoms with Crippen LogP contribution in [0.25, 0.3) is 0 Å². The summed E-state index contributed by atoms with van der Waals surface area (Å²) in [5.74, 6) is 0.0835. The minimum Gasteiger partial charge on any atom is -0.352 e. The topological polar surface area (TPSA) is 32.3 Å². The van der Waals surface area contributed by atoms with E-state index in [1.807, 2.05) is 0 Å². The van der Waals surface area contributed by atoms with Gasteiger partial charge in [-0.1, -0.05) is 55.5 Å². The minimum absolute atomic E-state index is 0.0835. The molecular formula is C22H28N2O. The van der Waals surface area contributed by atoms with Crippen molar-refractivity contribution in [3.8, 4) is 0 Å². The molecule has 1 heterocycles. The summed E-state index contributed by atoms with van der Waals surface area (Å²) in [4.78, 5) is 14.8. The van der Waals surface area contributed by atoms with E-state index < -0.39 is 0 Å². The second-order valence-electron chi connectivity index (χ2n) is 6.88. The molecule has 3 heteroatoms. The lowest BCUT2D eigenvalue weighted by Crippen LogP contribution is -2.26. The Bertz CT molecular complexity index is 687. The van der Waals surface area contributed by atoms with Gasteiger partial charge in [-0.2, -0.15) is 0 Å². The summed E-state index contributed by atoms with van der Waals surface area (Å²) >= 11 is 0. The van der Waals surface area contributed by atoms with Gasteiger partial charge in [-0.25, -0.2) is 0 Å². The third-order valence-electron chi connectivity index (χ3n) is 4.98. The lowest BCUT2D eigenvalue weighted by Gasteiger charge is -2.17. The van der Waals surface area contributed by atoms with Gasteiger partial charge >= 0.3 is 0 Å². The molecule has 0 aromatic heterocycles. The van der Waals surface area contributed by atoms with Crippen molar-refractivity contribution in [2.24, 2.45) is 0 Å². The van der Waals surface area contributed by atoms with Crippen LogP contribution in [0.3, 0.4) is 0 Å². The maximum atomic E-state index is 12.3. The predicted octanol–water partition coefficient (Wildman–Crippen LogP) is 3.70. The van der Waals surface area contributed by atoms with Gasteiger partial charge in [-0.3, -0.25) is 9.69 Å². The lowest BCUT2D eigenvalue weighted by atomic mass is 10.1. The van der Waals surface area contributed by atoms with Crippen molar-refractivity contribution in [3.05, 3.63) is 70.8 Å². The number of rotatable bonds is 7. The largest absolute Gasteiger partial charge is 0.352 e. The van der Waals surface area contributed by atoms with Crippen LogP contribution in [0.5, 0.6) is 0 Å². The quantitative estimate of drug-likeness (QED) is 0.836. The Labute approximate surface area is 151 Å². The van der Waals surface area contributed by atoms with Crippen LogP contribution in [0.15, 0.2) is 48.5 Å². The van der Waals surface area contributed by atoms with Crippen molar-refractivity contribution in [1.82, 2.24) is 10.2 Å². The molecule has 132 valence electrons. The van der Waals surface area contributed by atoms with Gasteiger partial charge in [0.05, 0.1) is 6.42 Å². The molecular weight excluding hydrogens is 308 g/mol. The Hall–Kier alpha value is -2.13. The van der Waals surface area contributed by atoms with E-state index in [1.54, 1.807) is 0 Å². The van der Waals surface area contributed by atoms with E-state index in [-0.39, 0.29) is 5.91 Å². The molecule has 1 aliphatic rings. The number of likely N-dealkylation sites (tertiary alicyclic amines) is 1. The molecule has 25 heavy (non-hydrogen) atoms. The second-order valence-corrected chi connectivity index (χ2v) is 6.88. The Balaban J connectivity index is 1.54. The fourth-order valence-corrected chi connectivity index (χ4v) is 3.40. The Morgan fingerprint density at radius 2 is 1.60 bits per heavy atom. The Morgan fingerprint density at radius 1 is 0.960 bits per heavy atom. The van der Waals surface area contributed by atoms with Crippen molar-refractivity contribution < 1.29 is 4.79 Å². The Kier molecular flexibility index (Phi) is 6.24. The van der Waals surface area contributed by atoms with E-state index >= 15 is 0 Å². The Morgan fingerprint density at radius 3 is 2.28 bits per heavy atom. The average molecular weight is 336 g/mol. The monoisotopic (exact) mass is 336 g/mol. The molecule has 1 amide bonds. The van der Waals surface area contributed by atoms with E-state index in [2.05, 4.69) is 65.7 Å². The molecule has 2 aromatic rings. The molecule has 1 fully saturated rings. The van der Waals surface area contributed by atoms with Gasteiger partial charge in [0.25, 0.3) is 0 Å². The number of benzene rings is 2. The van der Waals surface area contributed by atoms with Crippen LogP contribution < -0.4 is 5.32 Å². The van der Waals surface area contributed by atoms with E-state index in [9.17, 15) is 4.79 Å². The van der Waals surface area contributed by atoms with Crippen molar-refractivity contribution in [2.45, 2.75) is 45.7 Å². The number of nitrogens with one attached hydrogen (secondary N) is 1. The summed E-state index contributed by atoms with van der Waals surface area (Å²) in [6.45, 7) is 6.12. The second kappa shape index (κ2) is 8.82. The van der Waals surface area contributed by atoms with Crippen LogP contribution in [0, 0.1) is 0 Å². The highest BCUT2D eigenvalue weighted by Crippen LogP contribution is 2.16. The molecule has 0 saturated carbocycles. The summed E-state index contributed by atoms with van der Waals surface area (Å²) in [5.41, 5.74) is 4.93. The van der Waals surface area contributed by atoms with E-state index in [4.69, 9.17) is 0 Å². The summed E-state index contributed by atoms with van der Waals surface area (Å²) in [5, 5.41) is 3.08. The van der Waals surface area contributed by atoms with Gasteiger partial charge in [0.1, 0.15) is 0 Å². The van der Waals surface area contributed by atoms with Crippen LogP contribution in [0.2, 0.25) is 0 Å². The molecule has 1 saturated heterocycles. The van der Waals surface area contributed by atoms with Crippen LogP contribution in [-0.4, -0.2) is 23.9 Å². The van der Waals surface area contributed by atoms with Gasteiger partial charge in [-0.15, -0.1) is 0 Å². The first-order chi connectivity index (χ1) is 12.2. The zero-order valence-corrected chi connectivity index (χ0v) is 15.1. The zero-order valence-electron chi connectivity index (χ0n) is 15.1. The first-order valence-electron chi connectivity index (χ1n) is 9.38. The van der Waals surface area contributed by atoms with Crippen LogP contribution in [0.4, 0.5) is 0 Å². The summed E-state index contributed by atoms with van der Waals surface area (Å²) in [7, 11) is 0. The standard InChI is InChI=1S/C22H28N2O/c1-2-18-9-11-19(12-10-18)15-22(25)23-16-20-7-3-4-8-21(20)17-24-13-5-6-14-24/h3-4,7-12H,2,5-6,13-17H2,1H3,(H,23,25). The molecule has 1 N–H and O–H groups in total. The van der Waals surface area contributed by atoms with Crippen molar-refractivity contribution in [3.63, 3.8) is 0 Å². The highest BCUT2D eigenvalue weighted by atomic mass is 16.1. The molecule has 0 radical (unpaired) electrons. The third kappa shape index (κ3) is 5.17. The molecule has 2 aromatic carbocycles. The number of carbonyl (C=O) groups is 1. The number of nitrogens with zero attached hydrogens (tertiary/aromatic N) is 1. The molecule has 0 atom stereocenters. The first kappa shape index (κ1) is 17.7. The maximum absolute atomic E-state index is 12.3. The SMILES string of the molecule is CCc1ccc(CC(=O)NCc2ccccc2CN2CCCC2)cc1. The molecule has 3 nitrogen and oxygen atoms in total. The van der Waals surface area contributed by atoms with Crippen LogP contribution >= 0.6 is 0 Å². The summed E-state index contributed by atoms with van der Waals surface area (Å²) < 4.78 is 0. The number of aryl methyl sites for hydroxylation is 1. The third-order valence-corrected chi connectivity index (χ3v) is 4.98. The smallest absolute Gasteiger partial charge is 0.224 e. The molecule has 1 aliphatic heterocycles. The van der Waals surface area contributed by atoms with E-state index in [0.29, 0.717) is 13.0 Å². The predicted molar refractivity (Wildman–Crippen MR) is 102 cm³/mol. The maximum Gasteiger partial charge on any atom is 0.224 e. The molecule has 0 unspecified atom stereocenters. The number of hydrogen-bond acceptors (Lipinski definition) is 2. The normalized spacial score (nSPS) is 14.6. The van der Waals surface area contributed by atoms with Crippen LogP contribution in [0.1, 0.15) is 42.0 Å². The highest BCUT2D eigenvalue weighted by Gasteiger charge is 2.13. The first-order valence-corrected chi connectivity index (χ1v) is 9.38. The van der Waals surface area contributed by atoms with Gasteiger partial charge in [0.2, 0.25) is 5.91 Å². The minimum atomic E-state index is 0.0835. The fourth-order valence-electron chi connectivity index (χ4n) is 3.40. The zero-order chi connectivity index (χ0) is 17.5. The lowest BCUT2D eigenvalue weighted by molar-refractivity contribution is -0.120. The van der Waals surface area contributed by atoms with E-state index in [0.717, 1.165) is 18.5 Å². The summed E-state index contributed by atoms with van der Waals surface area (Å²) in [6.07, 6.45) is 4.07. The highest BCUT2D eigenvalue weighted by molar-refractivity contribution is 5.78. The van der Waals surface area contributed by atoms with Gasteiger partial charge in [0.15, 0.2) is 0 Å². The number of carbonyl (C=O) groups excluding carboxylic acids is 1. The number of hydrogen-bond donors (Lipinski definition) is 1. The van der Waals surface area contributed by atoms with Gasteiger partial charge in [-0.05, 0) is 54.6 Å². The van der Waals surface area contributed by atoms with Gasteiger partial charge in [0, 0.05) is 13.1 Å². The fraction of sp³-hybridized carbons (Fsp3) is 0.409. The molecule has 0 bridgehead atoms. The van der Waals surface area contributed by atoms with E-state index in [1.165, 1.54) is 42.6 Å². The van der Waals surface area contributed by atoms with Crippen LogP contribution in [-0.2, 0) is 30.7 Å². The van der Waals surface area contributed by atoms with Gasteiger partial charge < -0.3 is 5.32 Å². The molecule has 0 aliphatic carbocycles. The van der Waals surface area contributed by atoms with Crippen molar-refractivity contribution in [1.29, 1.82) is 0 Å². The number of amides is 1. The summed E-state index contributed by atoms with van der Waals surface area (Å²) in [6, 6.07) is 16.8. The van der Waals surface area contributed by atoms with Crippen molar-refractivity contribution >= 4 is 5.91 Å². The molecule has 0 spiro atoms. The van der Waals surface area contributed by atoms with Crippen molar-refractivity contribution in [2.75, 3.05) is 13.1 Å².